The Hall–Kier alpha value is -3.21. The molecule has 0 spiro atoms. The van der Waals surface area contributed by atoms with Crippen molar-refractivity contribution in [3.05, 3.63) is 78.8 Å². The molecule has 2 aromatic heterocycles. The van der Waals surface area contributed by atoms with E-state index in [4.69, 9.17) is 0 Å². The number of piperazine rings is 1. The van der Waals surface area contributed by atoms with Crippen LogP contribution in [0.25, 0.3) is 11.3 Å². The molecule has 5 nitrogen and oxygen atoms in total. The number of anilines is 1. The number of carbonyl (C=O) groups is 1. The molecule has 1 aliphatic rings. The Labute approximate surface area is 152 Å². The van der Waals surface area contributed by atoms with Crippen molar-refractivity contribution in [3.63, 3.8) is 0 Å². The molecule has 1 aliphatic heterocycles. The highest BCUT2D eigenvalue weighted by atomic mass is 16.2. The largest absolute Gasteiger partial charge is 0.367 e. The molecule has 26 heavy (non-hydrogen) atoms. The van der Waals surface area contributed by atoms with Gasteiger partial charge in [-0.25, -0.2) is 0 Å². The van der Waals surface area contributed by atoms with Crippen molar-refractivity contribution < 1.29 is 4.79 Å². The van der Waals surface area contributed by atoms with E-state index in [1.807, 2.05) is 59.6 Å². The van der Waals surface area contributed by atoms with Gasteiger partial charge in [-0.05, 0) is 24.3 Å². The third kappa shape index (κ3) is 3.28. The van der Waals surface area contributed by atoms with Crippen molar-refractivity contribution in [2.75, 3.05) is 31.1 Å². The quantitative estimate of drug-likeness (QED) is 0.732. The number of pyridine rings is 2. The van der Waals surface area contributed by atoms with Crippen molar-refractivity contribution in [2.24, 2.45) is 0 Å². The van der Waals surface area contributed by atoms with Gasteiger partial charge in [0.05, 0.1) is 23.1 Å². The average Bonchev–Trinajstić information content (AvgIpc) is 2.75. The summed E-state index contributed by atoms with van der Waals surface area (Å²) in [4.78, 5) is 25.9. The van der Waals surface area contributed by atoms with Crippen LogP contribution < -0.4 is 4.90 Å². The molecule has 1 amide bonds. The second-order valence-corrected chi connectivity index (χ2v) is 6.26. The average molecular weight is 344 g/mol. The maximum atomic E-state index is 13.1. The molecular weight excluding hydrogens is 324 g/mol. The molecule has 1 fully saturated rings. The van der Waals surface area contributed by atoms with Gasteiger partial charge >= 0.3 is 0 Å². The second kappa shape index (κ2) is 7.35. The summed E-state index contributed by atoms with van der Waals surface area (Å²) in [5.41, 5.74) is 3.47. The topological polar surface area (TPSA) is 49.3 Å². The Bertz CT molecular complexity index is 875. The summed E-state index contributed by atoms with van der Waals surface area (Å²) in [6.45, 7) is 2.99. The Morgan fingerprint density at radius 3 is 2.35 bits per heavy atom. The molecule has 1 saturated heterocycles. The van der Waals surface area contributed by atoms with E-state index in [1.165, 1.54) is 0 Å². The zero-order valence-electron chi connectivity index (χ0n) is 14.5. The van der Waals surface area contributed by atoms with Gasteiger partial charge in [0.1, 0.15) is 0 Å². The summed E-state index contributed by atoms with van der Waals surface area (Å²) < 4.78 is 0. The van der Waals surface area contributed by atoms with E-state index in [9.17, 15) is 4.79 Å². The molecule has 0 radical (unpaired) electrons. The fourth-order valence-corrected chi connectivity index (χ4v) is 3.28. The first-order valence-electron chi connectivity index (χ1n) is 8.77. The van der Waals surface area contributed by atoms with Crippen molar-refractivity contribution in [2.45, 2.75) is 0 Å². The maximum absolute atomic E-state index is 13.1. The van der Waals surface area contributed by atoms with Crippen molar-refractivity contribution in [1.29, 1.82) is 0 Å². The number of aromatic nitrogens is 2. The number of carbonyl (C=O) groups excluding carboxylic acids is 1. The normalized spacial score (nSPS) is 14.3. The van der Waals surface area contributed by atoms with Crippen LogP contribution in [0.1, 0.15) is 10.4 Å². The molecule has 0 aliphatic carbocycles. The fraction of sp³-hybridized carbons (Fsp3) is 0.190. The lowest BCUT2D eigenvalue weighted by Crippen LogP contribution is -2.49. The molecular formula is C21H20N4O. The molecule has 0 saturated carbocycles. The first-order chi connectivity index (χ1) is 12.8. The highest BCUT2D eigenvalue weighted by Gasteiger charge is 2.24. The SMILES string of the molecule is O=C(c1cccnc1-c1ccccc1)N1CCN(c2cccnc2)CC1. The van der Waals surface area contributed by atoms with Crippen molar-refractivity contribution in [1.82, 2.24) is 14.9 Å². The van der Waals surface area contributed by atoms with Gasteiger partial charge in [-0.3, -0.25) is 14.8 Å². The van der Waals surface area contributed by atoms with Crippen LogP contribution in [0.2, 0.25) is 0 Å². The summed E-state index contributed by atoms with van der Waals surface area (Å²) in [7, 11) is 0. The van der Waals surface area contributed by atoms with Gasteiger partial charge in [0.2, 0.25) is 0 Å². The lowest BCUT2D eigenvalue weighted by Gasteiger charge is -2.36. The molecule has 3 heterocycles. The molecule has 1 aromatic carbocycles. The maximum Gasteiger partial charge on any atom is 0.256 e. The molecule has 0 bridgehead atoms. The van der Waals surface area contributed by atoms with Crippen LogP contribution in [0.5, 0.6) is 0 Å². The Morgan fingerprint density at radius 2 is 1.62 bits per heavy atom. The van der Waals surface area contributed by atoms with E-state index in [0.717, 1.165) is 30.0 Å². The van der Waals surface area contributed by atoms with Crippen molar-refractivity contribution >= 4 is 11.6 Å². The first kappa shape index (κ1) is 16.3. The van der Waals surface area contributed by atoms with Gasteiger partial charge in [0.25, 0.3) is 5.91 Å². The summed E-state index contributed by atoms with van der Waals surface area (Å²) in [6.07, 6.45) is 5.38. The zero-order valence-corrected chi connectivity index (χ0v) is 14.5. The number of amides is 1. The minimum atomic E-state index is 0.0442. The molecule has 0 N–H and O–H groups in total. The van der Waals surface area contributed by atoms with Gasteiger partial charge < -0.3 is 9.80 Å². The van der Waals surface area contributed by atoms with Crippen LogP contribution >= 0.6 is 0 Å². The van der Waals surface area contributed by atoms with E-state index in [2.05, 4.69) is 20.9 Å². The van der Waals surface area contributed by atoms with Crippen LogP contribution in [0.3, 0.4) is 0 Å². The minimum Gasteiger partial charge on any atom is -0.367 e. The highest BCUT2D eigenvalue weighted by Crippen LogP contribution is 2.23. The molecule has 130 valence electrons. The predicted octanol–water partition coefficient (Wildman–Crippen LogP) is 3.11. The van der Waals surface area contributed by atoms with E-state index in [0.29, 0.717) is 18.7 Å². The van der Waals surface area contributed by atoms with E-state index >= 15 is 0 Å². The molecule has 4 rings (SSSR count). The molecule has 0 unspecified atom stereocenters. The Balaban J connectivity index is 1.51. The van der Waals surface area contributed by atoms with E-state index in [-0.39, 0.29) is 5.91 Å². The smallest absolute Gasteiger partial charge is 0.256 e. The van der Waals surface area contributed by atoms with Crippen molar-refractivity contribution in [3.8, 4) is 11.3 Å². The predicted molar refractivity (Wildman–Crippen MR) is 102 cm³/mol. The Kier molecular flexibility index (Phi) is 4.60. The molecule has 5 heteroatoms. The highest BCUT2D eigenvalue weighted by molar-refractivity contribution is 6.00. The van der Waals surface area contributed by atoms with Gasteiger partial charge in [-0.15, -0.1) is 0 Å². The standard InChI is InChI=1S/C21H20N4O/c26-21(19-9-5-11-23-20(19)17-6-2-1-3-7-17)25-14-12-24(13-15-25)18-8-4-10-22-16-18/h1-11,16H,12-15H2. The van der Waals surface area contributed by atoms with E-state index in [1.54, 1.807) is 12.4 Å². The van der Waals surface area contributed by atoms with Crippen LogP contribution in [0.15, 0.2) is 73.2 Å². The van der Waals surface area contributed by atoms with Gasteiger partial charge in [0, 0.05) is 44.1 Å². The summed E-state index contributed by atoms with van der Waals surface area (Å²) in [6, 6.07) is 17.5. The lowest BCUT2D eigenvalue weighted by atomic mass is 10.0. The molecule has 3 aromatic rings. The Morgan fingerprint density at radius 1 is 0.846 bits per heavy atom. The minimum absolute atomic E-state index is 0.0442. The number of rotatable bonds is 3. The third-order valence-electron chi connectivity index (χ3n) is 4.66. The number of benzene rings is 1. The van der Waals surface area contributed by atoms with Crippen LogP contribution in [-0.4, -0.2) is 47.0 Å². The van der Waals surface area contributed by atoms with E-state index < -0.39 is 0 Å². The van der Waals surface area contributed by atoms with Crippen LogP contribution in [-0.2, 0) is 0 Å². The number of hydrogen-bond acceptors (Lipinski definition) is 4. The van der Waals surface area contributed by atoms with Gasteiger partial charge in [-0.1, -0.05) is 30.3 Å². The summed E-state index contributed by atoms with van der Waals surface area (Å²) in [5.74, 6) is 0.0442. The van der Waals surface area contributed by atoms with Gasteiger partial charge in [-0.2, -0.15) is 0 Å². The summed E-state index contributed by atoms with van der Waals surface area (Å²) in [5, 5.41) is 0. The monoisotopic (exact) mass is 344 g/mol. The fourth-order valence-electron chi connectivity index (χ4n) is 3.28. The van der Waals surface area contributed by atoms with Gasteiger partial charge in [0.15, 0.2) is 0 Å². The van der Waals surface area contributed by atoms with Crippen LogP contribution in [0, 0.1) is 0 Å². The number of hydrogen-bond donors (Lipinski definition) is 0. The summed E-state index contributed by atoms with van der Waals surface area (Å²) >= 11 is 0. The second-order valence-electron chi connectivity index (χ2n) is 6.26. The third-order valence-corrected chi connectivity index (χ3v) is 4.66. The zero-order chi connectivity index (χ0) is 17.8. The van der Waals surface area contributed by atoms with Crippen LogP contribution in [0.4, 0.5) is 5.69 Å². The first-order valence-corrected chi connectivity index (χ1v) is 8.77. The number of nitrogens with zero attached hydrogens (tertiary/aromatic N) is 4. The molecule has 0 atom stereocenters. The lowest BCUT2D eigenvalue weighted by molar-refractivity contribution is 0.0747.